The molecule has 4 heterocycles. The van der Waals surface area contributed by atoms with Crippen molar-refractivity contribution in [2.75, 3.05) is 36.8 Å². The molecule has 2 amide bonds. The van der Waals surface area contributed by atoms with Crippen LogP contribution in [-0.2, 0) is 39.3 Å². The van der Waals surface area contributed by atoms with E-state index in [1.165, 1.54) is 87.5 Å². The molecule has 2 aromatic heterocycles. The second kappa shape index (κ2) is 23.9. The lowest BCUT2D eigenvalue weighted by atomic mass is 10.0. The monoisotopic (exact) mass is 1110 g/mol. The summed E-state index contributed by atoms with van der Waals surface area (Å²) in [5, 5.41) is 44.4. The number of nitro benzene ring substituents is 3. The Kier molecular flexibility index (Phi) is 17.6. The molecule has 0 atom stereocenters. The molecule has 28 heteroatoms. The highest BCUT2D eigenvalue weighted by atomic mass is 32.3. The Morgan fingerprint density at radius 3 is 1.40 bits per heavy atom. The van der Waals surface area contributed by atoms with E-state index in [9.17, 15) is 69.9 Å². The summed E-state index contributed by atoms with van der Waals surface area (Å²) in [5.74, 6) is -1.04. The van der Waals surface area contributed by atoms with Gasteiger partial charge >= 0.3 is 6.18 Å². The van der Waals surface area contributed by atoms with Crippen molar-refractivity contribution in [3.8, 4) is 0 Å². The molecule has 21 nitrogen and oxygen atoms in total. The van der Waals surface area contributed by atoms with Crippen LogP contribution >= 0.6 is 22.7 Å². The van der Waals surface area contributed by atoms with Gasteiger partial charge in [-0.05, 0) is 80.3 Å². The lowest BCUT2D eigenvalue weighted by Gasteiger charge is -2.32. The number of anilines is 2. The average Bonchev–Trinajstić information content (AvgIpc) is 4.10. The highest BCUT2D eigenvalue weighted by molar-refractivity contribution is 7.91. The Hall–Kier alpha value is -7.37. The van der Waals surface area contributed by atoms with Gasteiger partial charge < -0.3 is 21.3 Å². The van der Waals surface area contributed by atoms with Crippen LogP contribution in [0.4, 0.5) is 41.6 Å². The van der Waals surface area contributed by atoms with Gasteiger partial charge in [0.1, 0.15) is 14.1 Å². The molecule has 4 N–H and O–H groups in total. The lowest BCUT2D eigenvalue weighted by Crippen LogP contribution is -2.42. The predicted octanol–water partition coefficient (Wildman–Crippen LogP) is 8.63. The molecule has 6 aromatic rings. The van der Waals surface area contributed by atoms with Crippen molar-refractivity contribution in [3.63, 3.8) is 0 Å². The first kappa shape index (κ1) is 55.4. The first-order valence-electron chi connectivity index (χ1n) is 22.8. The van der Waals surface area contributed by atoms with Crippen LogP contribution in [0.2, 0.25) is 0 Å². The maximum Gasteiger partial charge on any atom is 0.418 e. The maximum atomic E-state index is 13.3. The molecule has 2 saturated heterocycles. The quantitative estimate of drug-likeness (QED) is 0.0491. The van der Waals surface area contributed by atoms with E-state index in [2.05, 4.69) is 21.3 Å². The van der Waals surface area contributed by atoms with Crippen molar-refractivity contribution < 1.29 is 54.4 Å². The maximum absolute atomic E-state index is 13.3. The van der Waals surface area contributed by atoms with Gasteiger partial charge in [0.2, 0.25) is 0 Å². The van der Waals surface area contributed by atoms with E-state index in [1.807, 2.05) is 0 Å². The molecule has 0 bridgehead atoms. The van der Waals surface area contributed by atoms with Gasteiger partial charge in [0.25, 0.3) is 48.9 Å². The van der Waals surface area contributed by atoms with Gasteiger partial charge in [0.05, 0.1) is 33.4 Å². The topological polar surface area (TPSA) is 286 Å². The van der Waals surface area contributed by atoms with Gasteiger partial charge in [-0.2, -0.15) is 21.8 Å². The summed E-state index contributed by atoms with van der Waals surface area (Å²) >= 11 is 2.04. The summed E-state index contributed by atoms with van der Waals surface area (Å²) in [4.78, 5) is 57.3. The molecule has 2 aliphatic heterocycles. The number of thiophene rings is 2. The fourth-order valence-electron chi connectivity index (χ4n) is 8.03. The van der Waals surface area contributed by atoms with Crippen LogP contribution in [0.3, 0.4) is 0 Å². The molecule has 0 unspecified atom stereocenters. The molecule has 0 radical (unpaired) electrons. The van der Waals surface area contributed by atoms with E-state index in [-0.39, 0.29) is 93.6 Å². The van der Waals surface area contributed by atoms with Gasteiger partial charge in [0, 0.05) is 95.2 Å². The van der Waals surface area contributed by atoms with Crippen molar-refractivity contribution in [1.29, 1.82) is 0 Å². The first-order valence-corrected chi connectivity index (χ1v) is 27.3. The number of carbonyl (C=O) groups is 2. The minimum absolute atomic E-state index is 0.0266. The number of amides is 2. The number of non-ortho nitro benzene ring substituents is 2. The van der Waals surface area contributed by atoms with Crippen molar-refractivity contribution in [3.05, 3.63) is 178 Å². The largest absolute Gasteiger partial charge is 0.418 e. The number of rotatable bonds is 17. The van der Waals surface area contributed by atoms with Crippen LogP contribution in [0.15, 0.2) is 130 Å². The van der Waals surface area contributed by atoms with E-state index in [0.29, 0.717) is 41.1 Å². The summed E-state index contributed by atoms with van der Waals surface area (Å²) in [6.07, 6.45) is -2.85. The minimum atomic E-state index is -4.50. The van der Waals surface area contributed by atoms with Crippen molar-refractivity contribution in [2.24, 2.45) is 0 Å². The van der Waals surface area contributed by atoms with E-state index in [1.54, 1.807) is 30.3 Å². The number of nitro groups is 3. The fraction of sp³-hybridized carbons (Fsp3) is 0.277. The number of nitrogens with one attached hydrogen (secondary N) is 4. The number of hydrogen-bond donors (Lipinski definition) is 4. The predicted molar refractivity (Wildman–Crippen MR) is 273 cm³/mol. The SMILES string of the molecule is O=C(NCc1ccc(S(=O)(=O)N2CCC(Nc3ccccc3C(F)(F)F)CC2)s1)c1cccc([N+](=O)[O-])c1.O=C(NCc1ccc(S(=O)(=O)N2CCC(Nc3ccccc3[N+](=O)[O-])CC2)s1)c1cccc([N+](=O)[O-])c1. The molecular weight excluding hydrogens is 1070 g/mol. The van der Waals surface area contributed by atoms with E-state index in [4.69, 9.17) is 0 Å². The zero-order valence-corrected chi connectivity index (χ0v) is 42.4. The number of halogens is 3. The summed E-state index contributed by atoms with van der Waals surface area (Å²) in [5.41, 5.74) is -0.585. The second-order valence-electron chi connectivity index (χ2n) is 16.9. The Labute approximate surface area is 434 Å². The van der Waals surface area contributed by atoms with Gasteiger partial charge in [-0.15, -0.1) is 22.7 Å². The normalized spacial score (nSPS) is 15.0. The molecule has 2 fully saturated rings. The Morgan fingerprint density at radius 1 is 0.560 bits per heavy atom. The van der Waals surface area contributed by atoms with Crippen LogP contribution in [0.5, 0.6) is 0 Å². The van der Waals surface area contributed by atoms with Crippen LogP contribution < -0.4 is 21.3 Å². The summed E-state index contributed by atoms with van der Waals surface area (Å²) in [6, 6.07) is 27.9. The van der Waals surface area contributed by atoms with E-state index >= 15 is 0 Å². The van der Waals surface area contributed by atoms with Gasteiger partial charge in [0.15, 0.2) is 0 Å². The molecular formula is C47H46F3N9O12S4. The summed E-state index contributed by atoms with van der Waals surface area (Å²) in [7, 11) is -7.56. The number of benzene rings is 4. The van der Waals surface area contributed by atoms with Gasteiger partial charge in [-0.1, -0.05) is 36.4 Å². The Bertz CT molecular complexity index is 3300. The molecule has 396 valence electrons. The number of sulfonamides is 2. The fourth-order valence-corrected chi connectivity index (χ4v) is 13.9. The number of piperidine rings is 2. The molecule has 8 rings (SSSR count). The van der Waals surface area contributed by atoms with Gasteiger partial charge in [-0.3, -0.25) is 39.9 Å². The molecule has 0 aliphatic carbocycles. The number of nitrogens with zero attached hydrogens (tertiary/aromatic N) is 5. The van der Waals surface area contributed by atoms with Gasteiger partial charge in [-0.25, -0.2) is 16.8 Å². The molecule has 75 heavy (non-hydrogen) atoms. The number of carbonyl (C=O) groups excluding carboxylic acids is 2. The summed E-state index contributed by atoms with van der Waals surface area (Å²) < 4.78 is 95.3. The number of hydrogen-bond acceptors (Lipinski definition) is 16. The Morgan fingerprint density at radius 2 is 0.973 bits per heavy atom. The molecule has 2 aliphatic rings. The van der Waals surface area contributed by atoms with Crippen molar-refractivity contribution in [1.82, 2.24) is 19.2 Å². The van der Waals surface area contributed by atoms with Crippen molar-refractivity contribution >= 4 is 83.0 Å². The second-order valence-corrected chi connectivity index (χ2v) is 23.6. The van der Waals surface area contributed by atoms with E-state index < -0.39 is 58.4 Å². The highest BCUT2D eigenvalue weighted by Crippen LogP contribution is 2.36. The molecule has 4 aromatic carbocycles. The van der Waals surface area contributed by atoms with Crippen LogP contribution in [0, 0.1) is 30.3 Å². The highest BCUT2D eigenvalue weighted by Gasteiger charge is 2.36. The van der Waals surface area contributed by atoms with Crippen molar-refractivity contribution in [2.45, 2.75) is 65.5 Å². The standard InChI is InChI=1S/C24H23F3N4O5S2.C23H23N5O7S2/c25-24(26,27)20-6-1-2-7-21(20)29-17-10-12-30(13-11-17)38(35,36)22-9-8-19(37-22)15-28-23(32)16-4-3-5-18(14-16)31(33)34;29-23(16-4-3-5-18(14-16)27(30)31)24-15-19-8-9-22(36-19)37(34,35)26-12-10-17(11-13-26)25-20-6-1-2-7-21(20)28(32)33/h1-9,14,17,29H,10-13,15H2,(H,28,32);1-9,14,17,25H,10-13,15H2,(H,24,29). The third kappa shape index (κ3) is 14.1. The van der Waals surface area contributed by atoms with E-state index in [0.717, 1.165) is 34.8 Å². The lowest BCUT2D eigenvalue weighted by molar-refractivity contribution is -0.385. The summed E-state index contributed by atoms with van der Waals surface area (Å²) in [6.45, 7) is 0.917. The average molecular weight is 1110 g/mol. The van der Waals surface area contributed by atoms with Crippen LogP contribution in [0.1, 0.15) is 61.7 Å². The third-order valence-corrected chi connectivity index (χ3v) is 18.8. The number of alkyl halides is 3. The first-order chi connectivity index (χ1) is 35.6. The van der Waals surface area contributed by atoms with Crippen LogP contribution in [0.25, 0.3) is 0 Å². The smallest absolute Gasteiger partial charge is 0.382 e. The van der Waals surface area contributed by atoms with Crippen LogP contribution in [-0.4, -0.2) is 90.3 Å². The molecule has 0 saturated carbocycles. The minimum Gasteiger partial charge on any atom is -0.382 e. The zero-order valence-electron chi connectivity index (χ0n) is 39.2. The third-order valence-electron chi connectivity index (χ3n) is 11.9. The molecule has 0 spiro atoms. The zero-order chi connectivity index (χ0) is 54.1. The number of para-hydroxylation sites is 3. The Balaban J connectivity index is 0.000000219.